The molecule has 0 bridgehead atoms. The molecule has 0 amide bonds. The van der Waals surface area contributed by atoms with E-state index in [1.165, 1.54) is 44.5 Å². The molecule has 3 aromatic rings. The summed E-state index contributed by atoms with van der Waals surface area (Å²) in [5, 5.41) is 0. The molecule has 0 heterocycles. The number of nitrogen functional groups attached to an aromatic ring is 1. The summed E-state index contributed by atoms with van der Waals surface area (Å²) < 4.78 is 0. The molecule has 23 heavy (non-hydrogen) atoms. The van der Waals surface area contributed by atoms with Crippen LogP contribution in [0, 0.1) is 6.92 Å². The summed E-state index contributed by atoms with van der Waals surface area (Å²) in [5.74, 6) is 0. The van der Waals surface area contributed by atoms with Crippen LogP contribution in [0.5, 0.6) is 0 Å². The van der Waals surface area contributed by atoms with Crippen LogP contribution < -0.4 is 5.73 Å². The first-order valence-corrected chi connectivity index (χ1v) is 8.28. The quantitative estimate of drug-likeness (QED) is 0.494. The first kappa shape index (κ1) is 14.1. The van der Waals surface area contributed by atoms with Crippen molar-refractivity contribution in [1.82, 2.24) is 0 Å². The first-order valence-electron chi connectivity index (χ1n) is 8.28. The zero-order valence-electron chi connectivity index (χ0n) is 13.7. The summed E-state index contributed by atoms with van der Waals surface area (Å²) in [6.45, 7) is 4.27. The maximum absolute atomic E-state index is 6.22. The van der Waals surface area contributed by atoms with Crippen molar-refractivity contribution < 1.29 is 0 Å². The summed E-state index contributed by atoms with van der Waals surface area (Å²) in [5.41, 5.74) is 17.8. The van der Waals surface area contributed by atoms with Crippen LogP contribution in [0.2, 0.25) is 0 Å². The lowest BCUT2D eigenvalue weighted by molar-refractivity contribution is 1.14. The van der Waals surface area contributed by atoms with Crippen LogP contribution in [0.1, 0.15) is 29.2 Å². The van der Waals surface area contributed by atoms with Gasteiger partial charge in [0, 0.05) is 5.69 Å². The Hall–Kier alpha value is -2.54. The predicted molar refractivity (Wildman–Crippen MR) is 98.6 cm³/mol. The van der Waals surface area contributed by atoms with Gasteiger partial charge in [0.05, 0.1) is 0 Å². The first-order chi connectivity index (χ1) is 11.2. The van der Waals surface area contributed by atoms with E-state index < -0.39 is 0 Å². The van der Waals surface area contributed by atoms with Crippen molar-refractivity contribution in [3.8, 4) is 22.3 Å². The number of rotatable bonds is 2. The summed E-state index contributed by atoms with van der Waals surface area (Å²) in [7, 11) is 0. The lowest BCUT2D eigenvalue weighted by atomic mass is 9.92. The van der Waals surface area contributed by atoms with Crippen LogP contribution >= 0.6 is 0 Å². The number of anilines is 1. The van der Waals surface area contributed by atoms with Gasteiger partial charge in [0.2, 0.25) is 0 Å². The van der Waals surface area contributed by atoms with Crippen molar-refractivity contribution in [1.29, 1.82) is 0 Å². The Morgan fingerprint density at radius 3 is 2.48 bits per heavy atom. The molecule has 0 saturated heterocycles. The van der Waals surface area contributed by atoms with Crippen molar-refractivity contribution in [2.24, 2.45) is 0 Å². The van der Waals surface area contributed by atoms with Crippen molar-refractivity contribution in [3.63, 3.8) is 0 Å². The monoisotopic (exact) mass is 299 g/mol. The van der Waals surface area contributed by atoms with Gasteiger partial charge in [0.25, 0.3) is 0 Å². The molecule has 0 radical (unpaired) electrons. The van der Waals surface area contributed by atoms with Crippen LogP contribution in [0.3, 0.4) is 0 Å². The van der Waals surface area contributed by atoms with Crippen LogP contribution in [0.4, 0.5) is 5.69 Å². The summed E-state index contributed by atoms with van der Waals surface area (Å²) in [6, 6.07) is 19.9. The molecule has 1 aliphatic rings. The number of benzene rings is 3. The van der Waals surface area contributed by atoms with Crippen molar-refractivity contribution in [3.05, 3.63) is 76.9 Å². The lowest BCUT2D eigenvalue weighted by Gasteiger charge is -2.14. The predicted octanol–water partition coefficient (Wildman–Crippen LogP) is 5.38. The molecule has 4 rings (SSSR count). The van der Waals surface area contributed by atoms with Gasteiger partial charge in [0.1, 0.15) is 0 Å². The van der Waals surface area contributed by atoms with E-state index in [4.69, 9.17) is 5.73 Å². The number of hydrogen-bond acceptors (Lipinski definition) is 1. The molecule has 1 nitrogen and oxygen atoms in total. The fourth-order valence-corrected chi connectivity index (χ4v) is 3.75. The third-order valence-corrected chi connectivity index (χ3v) is 5.02. The largest absolute Gasteiger partial charge is 0.398 e. The van der Waals surface area contributed by atoms with Gasteiger partial charge in [-0.3, -0.25) is 0 Å². The van der Waals surface area contributed by atoms with Gasteiger partial charge in [-0.05, 0) is 76.4 Å². The molecule has 0 aromatic heterocycles. The molecule has 1 heteroatoms. The van der Waals surface area contributed by atoms with Gasteiger partial charge in [-0.15, -0.1) is 0 Å². The molecule has 0 atom stereocenters. The highest BCUT2D eigenvalue weighted by Crippen LogP contribution is 2.42. The van der Waals surface area contributed by atoms with Crippen LogP contribution in [-0.4, -0.2) is 0 Å². The summed E-state index contributed by atoms with van der Waals surface area (Å²) in [4.78, 5) is 0. The molecule has 0 spiro atoms. The molecule has 3 aromatic carbocycles. The van der Waals surface area contributed by atoms with Crippen molar-refractivity contribution in [2.45, 2.75) is 26.7 Å². The number of hydrogen-bond donors (Lipinski definition) is 1. The van der Waals surface area contributed by atoms with E-state index in [1.807, 2.05) is 0 Å². The average molecular weight is 299 g/mol. The highest BCUT2D eigenvalue weighted by atomic mass is 14.6. The Bertz CT molecular complexity index is 906. The number of fused-ring (bicyclic) bond motifs is 3. The van der Waals surface area contributed by atoms with Crippen molar-refractivity contribution in [2.75, 3.05) is 5.73 Å². The minimum absolute atomic E-state index is 0.937. The van der Waals surface area contributed by atoms with Gasteiger partial charge >= 0.3 is 0 Å². The Balaban J connectivity index is 1.92. The molecule has 0 fully saturated rings. The Kier molecular flexibility index (Phi) is 3.23. The molecular formula is C22H21N. The Labute approximate surface area is 137 Å². The van der Waals surface area contributed by atoms with Crippen LogP contribution in [-0.2, 0) is 12.8 Å². The minimum atomic E-state index is 0.937. The number of aryl methyl sites for hydroxylation is 2. The second-order valence-electron chi connectivity index (χ2n) is 6.39. The highest BCUT2D eigenvalue weighted by molar-refractivity contribution is 5.85. The molecule has 0 saturated carbocycles. The molecule has 114 valence electrons. The normalized spacial score (nSPS) is 12.1. The van der Waals surface area contributed by atoms with E-state index in [-0.39, 0.29) is 0 Å². The smallest absolute Gasteiger partial charge is 0.0376 e. The third kappa shape index (κ3) is 2.16. The second kappa shape index (κ2) is 5.27. The van der Waals surface area contributed by atoms with E-state index in [9.17, 15) is 0 Å². The fourth-order valence-electron chi connectivity index (χ4n) is 3.75. The summed E-state index contributed by atoms with van der Waals surface area (Å²) in [6.07, 6.45) is 1.99. The van der Waals surface area contributed by atoms with Gasteiger partial charge in [-0.2, -0.15) is 0 Å². The molecule has 2 N–H and O–H groups in total. The molecular weight excluding hydrogens is 278 g/mol. The van der Waals surface area contributed by atoms with E-state index in [0.29, 0.717) is 0 Å². The van der Waals surface area contributed by atoms with E-state index in [1.54, 1.807) is 0 Å². The zero-order valence-corrected chi connectivity index (χ0v) is 13.7. The lowest BCUT2D eigenvalue weighted by Crippen LogP contribution is -1.98. The highest BCUT2D eigenvalue weighted by Gasteiger charge is 2.21. The minimum Gasteiger partial charge on any atom is -0.398 e. The molecule has 1 aliphatic carbocycles. The third-order valence-electron chi connectivity index (χ3n) is 5.02. The summed E-state index contributed by atoms with van der Waals surface area (Å²) >= 11 is 0. The van der Waals surface area contributed by atoms with Gasteiger partial charge in [-0.1, -0.05) is 49.4 Å². The van der Waals surface area contributed by atoms with E-state index >= 15 is 0 Å². The Morgan fingerprint density at radius 1 is 0.913 bits per heavy atom. The topological polar surface area (TPSA) is 26.0 Å². The SMILES string of the molecule is CCc1cc(-c2cccc3c2Cc2ccccc2-3)cc(C)c1N. The standard InChI is InChI=1S/C22H21N/c1-3-15-12-17(11-14(2)22(15)23)19-9-6-10-20-18-8-5-4-7-16(18)13-21(19)20/h4-12H,3,13,23H2,1-2H3. The number of nitrogens with two attached hydrogens (primary N) is 1. The molecule has 0 aliphatic heterocycles. The van der Waals surface area contributed by atoms with Crippen LogP contribution in [0.25, 0.3) is 22.3 Å². The Morgan fingerprint density at radius 2 is 1.65 bits per heavy atom. The van der Waals surface area contributed by atoms with Crippen molar-refractivity contribution >= 4 is 5.69 Å². The van der Waals surface area contributed by atoms with Crippen LogP contribution in [0.15, 0.2) is 54.6 Å². The van der Waals surface area contributed by atoms with Gasteiger partial charge < -0.3 is 5.73 Å². The molecule has 0 unspecified atom stereocenters. The maximum atomic E-state index is 6.22. The zero-order chi connectivity index (χ0) is 16.0. The van der Waals surface area contributed by atoms with E-state index in [0.717, 1.165) is 18.5 Å². The second-order valence-corrected chi connectivity index (χ2v) is 6.39. The van der Waals surface area contributed by atoms with Gasteiger partial charge in [-0.25, -0.2) is 0 Å². The average Bonchev–Trinajstić information content (AvgIpc) is 2.96. The van der Waals surface area contributed by atoms with E-state index in [2.05, 4.69) is 68.4 Å². The van der Waals surface area contributed by atoms with Gasteiger partial charge in [0.15, 0.2) is 0 Å². The maximum Gasteiger partial charge on any atom is 0.0376 e. The fraction of sp³-hybridized carbons (Fsp3) is 0.182.